The van der Waals surface area contributed by atoms with Crippen molar-refractivity contribution in [2.24, 2.45) is 5.10 Å². The molecule has 1 aliphatic heterocycles. The minimum atomic E-state index is -0.929. The Kier molecular flexibility index (Phi) is 6.12. The van der Waals surface area contributed by atoms with E-state index >= 15 is 0 Å². The number of hydrogen-bond donors (Lipinski definition) is 4. The summed E-state index contributed by atoms with van der Waals surface area (Å²) in [4.78, 5) is 41.8. The number of benzene rings is 3. The van der Waals surface area contributed by atoms with Gasteiger partial charge in [0.2, 0.25) is 5.91 Å². The average molecular weight is 498 g/mol. The van der Waals surface area contributed by atoms with E-state index in [9.17, 15) is 14.4 Å². The summed E-state index contributed by atoms with van der Waals surface area (Å²) in [6.45, 7) is 5.27. The van der Waals surface area contributed by atoms with Gasteiger partial charge in [-0.2, -0.15) is 5.10 Å². The number of aromatic amines is 1. The number of carbonyl (C=O) groups excluding carboxylic acids is 3. The first-order valence-electron chi connectivity index (χ1n) is 11.9. The molecule has 0 spiro atoms. The lowest BCUT2D eigenvalue weighted by molar-refractivity contribution is -0.118. The van der Waals surface area contributed by atoms with Gasteiger partial charge in [-0.05, 0) is 49.2 Å². The van der Waals surface area contributed by atoms with Crippen molar-refractivity contribution in [1.82, 2.24) is 15.7 Å². The van der Waals surface area contributed by atoms with Gasteiger partial charge in [0.15, 0.2) is 0 Å². The van der Waals surface area contributed by atoms with Gasteiger partial charge in [0.25, 0.3) is 5.91 Å². The Hall–Kier alpha value is -4.66. The first-order valence-corrected chi connectivity index (χ1v) is 11.9. The molecule has 3 aromatic carbocycles. The Labute approximate surface area is 213 Å². The third-order valence-corrected chi connectivity index (χ3v) is 5.95. The van der Waals surface area contributed by atoms with Crippen LogP contribution in [0.3, 0.4) is 0 Å². The number of aromatic nitrogens is 1. The van der Waals surface area contributed by atoms with Crippen LogP contribution < -0.4 is 16.1 Å². The molecule has 3 amide bonds. The number of amides is 3. The van der Waals surface area contributed by atoms with Crippen LogP contribution in [0.5, 0.6) is 0 Å². The third kappa shape index (κ3) is 5.30. The van der Waals surface area contributed by atoms with Crippen molar-refractivity contribution in [2.75, 3.05) is 5.32 Å². The van der Waals surface area contributed by atoms with Crippen molar-refractivity contribution in [2.45, 2.75) is 38.8 Å². The lowest BCUT2D eigenvalue weighted by Gasteiger charge is -2.23. The topological polar surface area (TPSA) is 125 Å². The van der Waals surface area contributed by atoms with Crippen molar-refractivity contribution in [1.29, 1.82) is 0 Å². The fourth-order valence-electron chi connectivity index (χ4n) is 4.36. The van der Waals surface area contributed by atoms with Crippen molar-refractivity contribution >= 4 is 51.5 Å². The predicted octanol–water partition coefficient (Wildman–Crippen LogP) is 4.47. The Morgan fingerprint density at radius 2 is 1.84 bits per heavy atom. The number of fused-ring (bicyclic) bond motifs is 1. The van der Waals surface area contributed by atoms with E-state index in [2.05, 4.69) is 26.1 Å². The predicted molar refractivity (Wildman–Crippen MR) is 143 cm³/mol. The zero-order chi connectivity index (χ0) is 26.2. The number of alkyl carbamates (subject to hydrolysis) is 1. The lowest BCUT2D eigenvalue weighted by Crippen LogP contribution is -2.47. The molecule has 188 valence electrons. The molecule has 4 N–H and O–H groups in total. The second-order valence-electron chi connectivity index (χ2n) is 9.96. The van der Waals surface area contributed by atoms with Gasteiger partial charge < -0.3 is 20.4 Å². The van der Waals surface area contributed by atoms with Gasteiger partial charge in [0, 0.05) is 34.8 Å². The second-order valence-corrected chi connectivity index (χ2v) is 9.96. The first kappa shape index (κ1) is 24.1. The third-order valence-electron chi connectivity index (χ3n) is 5.95. The van der Waals surface area contributed by atoms with E-state index in [1.165, 1.54) is 0 Å². The molecule has 0 fully saturated rings. The zero-order valence-corrected chi connectivity index (χ0v) is 20.7. The number of hydrogen-bond acceptors (Lipinski definition) is 5. The Morgan fingerprint density at radius 3 is 2.62 bits per heavy atom. The van der Waals surface area contributed by atoms with Gasteiger partial charge in [-0.25, -0.2) is 10.2 Å². The molecule has 9 heteroatoms. The number of nitrogens with zero attached hydrogens (tertiary/aromatic N) is 1. The van der Waals surface area contributed by atoms with Crippen LogP contribution in [0.2, 0.25) is 0 Å². The number of ether oxygens (including phenoxy) is 1. The Bertz CT molecular complexity index is 1560. The minimum absolute atomic E-state index is 0.242. The van der Waals surface area contributed by atoms with Crippen molar-refractivity contribution in [3.8, 4) is 0 Å². The van der Waals surface area contributed by atoms with Gasteiger partial charge in [-0.1, -0.05) is 42.5 Å². The molecule has 0 aliphatic carbocycles. The maximum absolute atomic E-state index is 13.5. The second kappa shape index (κ2) is 9.42. The Morgan fingerprint density at radius 1 is 1.05 bits per heavy atom. The largest absolute Gasteiger partial charge is 0.444 e. The number of rotatable bonds is 5. The summed E-state index contributed by atoms with van der Waals surface area (Å²) in [5.74, 6) is -0.821. The molecule has 1 atom stereocenters. The molecule has 5 rings (SSSR count). The average Bonchev–Trinajstić information content (AvgIpc) is 3.16. The summed E-state index contributed by atoms with van der Waals surface area (Å²) >= 11 is 0. The molecule has 0 saturated carbocycles. The number of anilines is 1. The molecule has 0 bridgehead atoms. The van der Waals surface area contributed by atoms with E-state index in [1.807, 2.05) is 42.5 Å². The number of carbonyl (C=O) groups is 3. The van der Waals surface area contributed by atoms with Gasteiger partial charge in [0.1, 0.15) is 11.6 Å². The van der Waals surface area contributed by atoms with Crippen molar-refractivity contribution < 1.29 is 19.1 Å². The smallest absolute Gasteiger partial charge is 0.408 e. The fraction of sp³-hybridized carbons (Fsp3) is 0.214. The van der Waals surface area contributed by atoms with Crippen LogP contribution in [-0.4, -0.2) is 40.7 Å². The molecule has 1 aromatic heterocycles. The summed E-state index contributed by atoms with van der Waals surface area (Å²) in [6, 6.07) is 16.3. The normalized spacial score (nSPS) is 13.6. The standard InChI is InChI=1S/C28H27N5O4/c1-28(2,3)37-27(36)32-23(11-16-8-9-17-6-4-5-7-18(17)10-16)26(35)31-20-12-21-24-19(14-29-22(24)13-20)15-30-33-25(21)34/h4-10,12-15,23,29H,11H2,1-3H3,(H,31,35)(H,32,36)(H,33,34)/t23-/m1/s1. The first-order chi connectivity index (χ1) is 17.7. The van der Waals surface area contributed by atoms with Crippen LogP contribution in [0, 0.1) is 0 Å². The molecule has 0 saturated heterocycles. The summed E-state index contributed by atoms with van der Waals surface area (Å²) in [5.41, 5.74) is 4.86. The number of H-pyrrole nitrogens is 1. The quantitative estimate of drug-likeness (QED) is 0.325. The Balaban J connectivity index is 1.43. The maximum Gasteiger partial charge on any atom is 0.408 e. The SMILES string of the molecule is CC(C)(C)OC(=O)N[C@H](Cc1ccc2ccccc2c1)C(=O)Nc1cc2c3c(c[nH]c3c1)C=NNC2=O. The zero-order valence-electron chi connectivity index (χ0n) is 20.7. The molecule has 4 aromatic rings. The van der Waals surface area contributed by atoms with Gasteiger partial charge in [-0.15, -0.1) is 0 Å². The lowest BCUT2D eigenvalue weighted by atomic mass is 10.0. The molecule has 37 heavy (non-hydrogen) atoms. The van der Waals surface area contributed by atoms with Crippen LogP contribution in [-0.2, 0) is 16.0 Å². The van der Waals surface area contributed by atoms with Crippen LogP contribution in [0.4, 0.5) is 10.5 Å². The number of nitrogens with one attached hydrogen (secondary N) is 4. The van der Waals surface area contributed by atoms with Crippen LogP contribution in [0.15, 0.2) is 65.9 Å². The van der Waals surface area contributed by atoms with Crippen LogP contribution in [0.1, 0.15) is 42.3 Å². The fourth-order valence-corrected chi connectivity index (χ4v) is 4.36. The highest BCUT2D eigenvalue weighted by molar-refractivity contribution is 6.15. The summed E-state index contributed by atoms with van der Waals surface area (Å²) in [5, 5.41) is 12.3. The van der Waals surface area contributed by atoms with Gasteiger partial charge in [0.05, 0.1) is 11.8 Å². The summed E-state index contributed by atoms with van der Waals surface area (Å²) < 4.78 is 5.41. The molecule has 0 radical (unpaired) electrons. The number of hydrazone groups is 1. The molecular formula is C28H27N5O4. The summed E-state index contributed by atoms with van der Waals surface area (Å²) in [7, 11) is 0. The van der Waals surface area contributed by atoms with E-state index in [-0.39, 0.29) is 12.3 Å². The highest BCUT2D eigenvalue weighted by Gasteiger charge is 2.26. The van der Waals surface area contributed by atoms with E-state index < -0.39 is 23.6 Å². The molecule has 1 aliphatic rings. The highest BCUT2D eigenvalue weighted by atomic mass is 16.6. The monoisotopic (exact) mass is 497 g/mol. The van der Waals surface area contributed by atoms with Crippen molar-refractivity contribution in [3.63, 3.8) is 0 Å². The molecule has 9 nitrogen and oxygen atoms in total. The molecular weight excluding hydrogens is 470 g/mol. The maximum atomic E-state index is 13.5. The van der Waals surface area contributed by atoms with E-state index in [0.29, 0.717) is 16.8 Å². The molecule has 0 unspecified atom stereocenters. The highest BCUT2D eigenvalue weighted by Crippen LogP contribution is 2.27. The molecule has 2 heterocycles. The summed E-state index contributed by atoms with van der Waals surface area (Å²) in [6.07, 6.45) is 2.86. The van der Waals surface area contributed by atoms with Crippen molar-refractivity contribution in [3.05, 3.63) is 77.5 Å². The van der Waals surface area contributed by atoms with Gasteiger partial charge >= 0.3 is 6.09 Å². The van der Waals surface area contributed by atoms with E-state index in [0.717, 1.165) is 27.3 Å². The van der Waals surface area contributed by atoms with E-state index in [1.54, 1.807) is 45.3 Å². The van der Waals surface area contributed by atoms with Crippen LogP contribution >= 0.6 is 0 Å². The minimum Gasteiger partial charge on any atom is -0.444 e. The van der Waals surface area contributed by atoms with Gasteiger partial charge in [-0.3, -0.25) is 9.59 Å². The van der Waals surface area contributed by atoms with Crippen LogP contribution in [0.25, 0.3) is 21.7 Å². The van der Waals surface area contributed by atoms with E-state index in [4.69, 9.17) is 4.74 Å².